The Morgan fingerprint density at radius 3 is 1.90 bits per heavy atom. The van der Waals surface area contributed by atoms with E-state index in [1.54, 1.807) is 20.8 Å². The number of likely N-dealkylation sites (N-methyl/N-ethyl adjacent to an activating group) is 2. The Morgan fingerprint density at radius 1 is 0.857 bits per heavy atom. The van der Waals surface area contributed by atoms with Gasteiger partial charge in [0.2, 0.25) is 12.4 Å². The van der Waals surface area contributed by atoms with Gasteiger partial charge < -0.3 is 47.7 Å². The Labute approximate surface area is 281 Å². The number of hydrogen-bond donors (Lipinski definition) is 0. The first-order valence-electron chi connectivity index (χ1n) is 14.7. The maximum absolute atomic E-state index is 12.6. The number of benzene rings is 1. The van der Waals surface area contributed by atoms with E-state index in [9.17, 15) is 38.9 Å². The van der Waals surface area contributed by atoms with Gasteiger partial charge in [-0.05, 0) is 32.4 Å². The minimum absolute atomic E-state index is 0.0889. The summed E-state index contributed by atoms with van der Waals surface area (Å²) in [5.74, 6) is -4.29. The quantitative estimate of drug-likeness (QED) is 0.132. The molecule has 0 aliphatic carbocycles. The summed E-state index contributed by atoms with van der Waals surface area (Å²) in [5.41, 5.74) is -1.17. The number of carbonyl (C=O) groups is 6. The van der Waals surface area contributed by atoms with Crippen molar-refractivity contribution in [3.8, 4) is 5.75 Å². The van der Waals surface area contributed by atoms with Crippen LogP contribution in [0.2, 0.25) is 0 Å². The summed E-state index contributed by atoms with van der Waals surface area (Å²) in [5, 5.41) is 12.1. The van der Waals surface area contributed by atoms with Crippen molar-refractivity contribution >= 4 is 41.8 Å². The monoisotopic (exact) mass is 699 g/mol. The molecule has 1 aliphatic rings. The predicted molar refractivity (Wildman–Crippen MR) is 163 cm³/mol. The van der Waals surface area contributed by atoms with Gasteiger partial charge in [0, 0.05) is 54.0 Å². The third-order valence-electron chi connectivity index (χ3n) is 6.45. The fraction of sp³-hybridized carbons (Fsp3) is 0.600. The normalized spacial score (nSPS) is 20.1. The van der Waals surface area contributed by atoms with Crippen LogP contribution in [0.15, 0.2) is 18.2 Å². The van der Waals surface area contributed by atoms with E-state index in [0.717, 1.165) is 40.0 Å². The Balaban J connectivity index is 2.28. The molecule has 1 aromatic carbocycles. The molecule has 0 bridgehead atoms. The van der Waals surface area contributed by atoms with Gasteiger partial charge in [-0.15, -0.1) is 0 Å². The molecule has 19 heteroatoms. The van der Waals surface area contributed by atoms with Crippen molar-refractivity contribution in [2.75, 3.05) is 34.3 Å². The summed E-state index contributed by atoms with van der Waals surface area (Å²) >= 11 is 0. The molecule has 0 aromatic heterocycles. The molecule has 1 saturated heterocycles. The van der Waals surface area contributed by atoms with Crippen LogP contribution in [0.4, 0.5) is 15.3 Å². The minimum atomic E-state index is -1.83. The number of amides is 2. The average molecular weight is 700 g/mol. The predicted octanol–water partition coefficient (Wildman–Crippen LogP) is 2.10. The van der Waals surface area contributed by atoms with Crippen molar-refractivity contribution in [3.63, 3.8) is 0 Å². The highest BCUT2D eigenvalue weighted by atomic mass is 16.7. The lowest BCUT2D eigenvalue weighted by molar-refractivity contribution is -0.387. The summed E-state index contributed by atoms with van der Waals surface area (Å²) in [6, 6.07) is 3.52. The number of rotatable bonds is 12. The summed E-state index contributed by atoms with van der Waals surface area (Å²) in [6.45, 7) is 8.00. The third kappa shape index (κ3) is 12.1. The standard InChI is InChI=1S/C30H41N3O16/c1-16(34)44-22-23(45-17(2)35)25(46-18(3)36)27(48-24(22)26(37)42-9)47-21-11-10-19(14-20(21)33(40)41)15-43-28(38)31(7)12-13-32(8)29(39)49-30(4,5)6/h10-11,14,22-25,27H,12-13,15H2,1-9H3/t22-,23-,24-,25+,27+/m0/s1. The molecule has 49 heavy (non-hydrogen) atoms. The van der Waals surface area contributed by atoms with E-state index in [1.165, 1.54) is 30.0 Å². The summed E-state index contributed by atoms with van der Waals surface area (Å²) < 4.78 is 42.4. The van der Waals surface area contributed by atoms with Gasteiger partial charge in [0.05, 0.1) is 12.0 Å². The lowest BCUT2D eigenvalue weighted by Gasteiger charge is -2.42. The fourth-order valence-electron chi connectivity index (χ4n) is 4.27. The molecule has 2 rings (SSSR count). The molecular weight excluding hydrogens is 658 g/mol. The number of methoxy groups -OCH3 is 1. The molecule has 1 heterocycles. The highest BCUT2D eigenvalue weighted by Gasteiger charge is 2.56. The van der Waals surface area contributed by atoms with Gasteiger partial charge in [-0.25, -0.2) is 14.4 Å². The Hall–Kier alpha value is -5.20. The Morgan fingerprint density at radius 2 is 1.39 bits per heavy atom. The van der Waals surface area contributed by atoms with Crippen molar-refractivity contribution < 1.29 is 71.6 Å². The molecule has 0 saturated carbocycles. The zero-order valence-corrected chi connectivity index (χ0v) is 28.6. The van der Waals surface area contributed by atoms with Crippen molar-refractivity contribution in [2.45, 2.75) is 84.5 Å². The SMILES string of the molecule is COC(=O)[C@H]1O[C@@H](Oc2ccc(COC(=O)N(C)CCN(C)C(=O)OC(C)(C)C)cc2[N+](=O)[O-])[C@H](OC(C)=O)[C@@H](OC(C)=O)[C@@H]1OC(C)=O. The van der Waals surface area contributed by atoms with E-state index < -0.39 is 95.3 Å². The molecule has 5 atom stereocenters. The third-order valence-corrected chi connectivity index (χ3v) is 6.45. The van der Waals surface area contributed by atoms with E-state index >= 15 is 0 Å². The number of nitro benzene ring substituents is 1. The van der Waals surface area contributed by atoms with Crippen LogP contribution in [0.5, 0.6) is 5.75 Å². The minimum Gasteiger partial charge on any atom is -0.467 e. The summed E-state index contributed by atoms with van der Waals surface area (Å²) in [6.07, 6.45) is -10.0. The number of hydrogen-bond acceptors (Lipinski definition) is 16. The molecule has 19 nitrogen and oxygen atoms in total. The second kappa shape index (κ2) is 17.3. The molecule has 0 N–H and O–H groups in total. The van der Waals surface area contributed by atoms with Gasteiger partial charge >= 0.3 is 41.8 Å². The second-order valence-electron chi connectivity index (χ2n) is 11.7. The van der Waals surface area contributed by atoms with E-state index in [2.05, 4.69) is 0 Å². The first-order valence-corrected chi connectivity index (χ1v) is 14.7. The molecular formula is C30H41N3O16. The largest absolute Gasteiger partial charge is 0.467 e. The molecule has 1 aromatic rings. The molecule has 0 unspecified atom stereocenters. The van der Waals surface area contributed by atoms with Crippen LogP contribution >= 0.6 is 0 Å². The number of nitrogens with zero attached hydrogens (tertiary/aromatic N) is 3. The molecule has 2 amide bonds. The average Bonchev–Trinajstić information content (AvgIpc) is 2.99. The second-order valence-corrected chi connectivity index (χ2v) is 11.7. The van der Waals surface area contributed by atoms with Crippen LogP contribution in [-0.2, 0) is 58.9 Å². The van der Waals surface area contributed by atoms with Crippen LogP contribution in [0, 0.1) is 10.1 Å². The number of nitro groups is 1. The Bertz CT molecular complexity index is 1410. The number of carbonyl (C=O) groups excluding carboxylic acids is 6. The number of esters is 4. The summed E-state index contributed by atoms with van der Waals surface area (Å²) in [7, 11) is 3.94. The maximum atomic E-state index is 12.6. The topological polar surface area (TPSA) is 226 Å². The van der Waals surface area contributed by atoms with E-state index in [-0.39, 0.29) is 18.7 Å². The molecule has 272 valence electrons. The highest BCUT2D eigenvalue weighted by Crippen LogP contribution is 2.35. The van der Waals surface area contributed by atoms with E-state index in [1.807, 2.05) is 0 Å². The van der Waals surface area contributed by atoms with Gasteiger partial charge in [0.25, 0.3) is 0 Å². The zero-order chi connectivity index (χ0) is 37.2. The van der Waals surface area contributed by atoms with Crippen LogP contribution in [0.25, 0.3) is 0 Å². The fourth-order valence-corrected chi connectivity index (χ4v) is 4.27. The van der Waals surface area contributed by atoms with Crippen LogP contribution < -0.4 is 4.74 Å². The van der Waals surface area contributed by atoms with E-state index in [4.69, 9.17) is 37.9 Å². The van der Waals surface area contributed by atoms with Gasteiger partial charge in [-0.2, -0.15) is 0 Å². The van der Waals surface area contributed by atoms with Crippen molar-refractivity contribution in [3.05, 3.63) is 33.9 Å². The van der Waals surface area contributed by atoms with Crippen molar-refractivity contribution in [1.29, 1.82) is 0 Å². The highest BCUT2D eigenvalue weighted by molar-refractivity contribution is 5.77. The molecule has 1 fully saturated rings. The molecule has 0 spiro atoms. The van der Waals surface area contributed by atoms with Gasteiger partial charge in [-0.3, -0.25) is 24.5 Å². The first kappa shape index (κ1) is 40.0. The first-order chi connectivity index (χ1) is 22.7. The van der Waals surface area contributed by atoms with Crippen molar-refractivity contribution in [2.24, 2.45) is 0 Å². The maximum Gasteiger partial charge on any atom is 0.410 e. The van der Waals surface area contributed by atoms with Crippen LogP contribution in [0.3, 0.4) is 0 Å². The summed E-state index contributed by atoms with van der Waals surface area (Å²) in [4.78, 5) is 87.0. The van der Waals surface area contributed by atoms with Gasteiger partial charge in [0.1, 0.15) is 12.2 Å². The smallest absolute Gasteiger partial charge is 0.410 e. The molecule has 0 radical (unpaired) electrons. The zero-order valence-electron chi connectivity index (χ0n) is 28.6. The lowest BCUT2D eigenvalue weighted by atomic mass is 9.97. The van der Waals surface area contributed by atoms with Crippen molar-refractivity contribution in [1.82, 2.24) is 9.80 Å². The lowest BCUT2D eigenvalue weighted by Crippen LogP contribution is -2.64. The molecule has 1 aliphatic heterocycles. The van der Waals surface area contributed by atoms with Crippen LogP contribution in [0.1, 0.15) is 47.1 Å². The van der Waals surface area contributed by atoms with E-state index in [0.29, 0.717) is 0 Å². The Kier molecular flexibility index (Phi) is 14.1. The van der Waals surface area contributed by atoms with Gasteiger partial charge in [0.15, 0.2) is 24.1 Å². The van der Waals surface area contributed by atoms with Crippen LogP contribution in [-0.4, -0.2) is 121 Å². The number of ether oxygens (including phenoxy) is 8. The van der Waals surface area contributed by atoms with Gasteiger partial charge in [-0.1, -0.05) is 6.07 Å².